The van der Waals surface area contributed by atoms with Crippen LogP contribution in [-0.2, 0) is 9.59 Å². The van der Waals surface area contributed by atoms with E-state index >= 15 is 0 Å². The number of amides is 1. The van der Waals surface area contributed by atoms with Crippen LogP contribution in [0.15, 0.2) is 12.2 Å². The molecule has 4 heteroatoms. The first-order valence-corrected chi connectivity index (χ1v) is 9.65. The number of allylic oxidation sites excluding steroid dienone is 2. The van der Waals surface area contributed by atoms with Gasteiger partial charge in [-0.05, 0) is 81.5 Å². The monoisotopic (exact) mass is 331 g/mol. The zero-order chi connectivity index (χ0) is 16.9. The average molecular weight is 331 g/mol. The van der Waals surface area contributed by atoms with E-state index in [0.29, 0.717) is 12.8 Å². The third-order valence-electron chi connectivity index (χ3n) is 7.45. The highest BCUT2D eigenvalue weighted by Crippen LogP contribution is 2.61. The highest BCUT2D eigenvalue weighted by Gasteiger charge is 2.53. The van der Waals surface area contributed by atoms with E-state index in [2.05, 4.69) is 12.2 Å². The first-order chi connectivity index (χ1) is 11.5. The molecule has 4 fully saturated rings. The number of aliphatic carboxylic acids is 1. The van der Waals surface area contributed by atoms with Gasteiger partial charge >= 0.3 is 5.97 Å². The molecule has 24 heavy (non-hydrogen) atoms. The van der Waals surface area contributed by atoms with Crippen LogP contribution >= 0.6 is 0 Å². The van der Waals surface area contributed by atoms with Crippen LogP contribution in [0.25, 0.3) is 0 Å². The average Bonchev–Trinajstić information content (AvgIpc) is 2.53. The molecule has 4 bridgehead atoms. The summed E-state index contributed by atoms with van der Waals surface area (Å²) < 4.78 is 0. The van der Waals surface area contributed by atoms with Gasteiger partial charge in [-0.3, -0.25) is 9.59 Å². The van der Waals surface area contributed by atoms with E-state index in [9.17, 15) is 14.7 Å². The van der Waals surface area contributed by atoms with E-state index in [1.807, 2.05) is 12.2 Å². The molecule has 132 valence electrons. The molecule has 0 saturated heterocycles. The van der Waals surface area contributed by atoms with Gasteiger partial charge in [0.15, 0.2) is 0 Å². The molecule has 0 aliphatic heterocycles. The zero-order valence-electron chi connectivity index (χ0n) is 14.5. The highest BCUT2D eigenvalue weighted by atomic mass is 16.4. The van der Waals surface area contributed by atoms with Crippen molar-refractivity contribution in [3.8, 4) is 0 Å². The van der Waals surface area contributed by atoms with E-state index in [-0.39, 0.29) is 17.4 Å². The van der Waals surface area contributed by atoms with Crippen molar-refractivity contribution in [2.75, 3.05) is 0 Å². The van der Waals surface area contributed by atoms with E-state index in [1.165, 1.54) is 38.5 Å². The number of hydrogen-bond acceptors (Lipinski definition) is 2. The summed E-state index contributed by atoms with van der Waals surface area (Å²) in [6.45, 7) is 2.17. The van der Waals surface area contributed by atoms with Crippen molar-refractivity contribution in [1.29, 1.82) is 0 Å². The molecule has 0 heterocycles. The summed E-state index contributed by atoms with van der Waals surface area (Å²) in [6.07, 6.45) is 12.8. The van der Waals surface area contributed by atoms with Gasteiger partial charge in [-0.2, -0.15) is 0 Å². The predicted octanol–water partition coefficient (Wildman–Crippen LogP) is 3.37. The fourth-order valence-corrected chi connectivity index (χ4v) is 6.56. The molecule has 4 saturated carbocycles. The third kappa shape index (κ3) is 2.68. The van der Waals surface area contributed by atoms with E-state index in [1.54, 1.807) is 0 Å². The van der Waals surface area contributed by atoms with Gasteiger partial charge < -0.3 is 10.4 Å². The summed E-state index contributed by atoms with van der Waals surface area (Å²) in [5.74, 6) is 0.708. The maximum absolute atomic E-state index is 12.8. The van der Waals surface area contributed by atoms with E-state index < -0.39 is 17.8 Å². The number of carboxylic acids is 1. The van der Waals surface area contributed by atoms with Crippen molar-refractivity contribution < 1.29 is 14.7 Å². The molecular weight excluding hydrogens is 302 g/mol. The second kappa shape index (κ2) is 5.89. The van der Waals surface area contributed by atoms with Crippen molar-refractivity contribution in [3.63, 3.8) is 0 Å². The zero-order valence-corrected chi connectivity index (χ0v) is 14.5. The van der Waals surface area contributed by atoms with Crippen LogP contribution in [0.1, 0.15) is 58.3 Å². The number of carbonyl (C=O) groups is 2. The SMILES string of the molecule is C[C@H](NC(=O)[C@@H]1CC=CC[C@H]1C(=O)O)C12CC3CC(CC(C3)C1)C2. The van der Waals surface area contributed by atoms with Crippen LogP contribution in [0, 0.1) is 35.0 Å². The molecule has 0 spiro atoms. The number of carbonyl (C=O) groups excluding carboxylic acids is 1. The Hall–Kier alpha value is -1.32. The summed E-state index contributed by atoms with van der Waals surface area (Å²) in [4.78, 5) is 24.3. The molecule has 5 rings (SSSR count). The Morgan fingerprint density at radius 1 is 1.00 bits per heavy atom. The molecule has 2 N–H and O–H groups in total. The van der Waals surface area contributed by atoms with E-state index in [4.69, 9.17) is 0 Å². The smallest absolute Gasteiger partial charge is 0.307 e. The summed E-state index contributed by atoms with van der Waals surface area (Å²) in [5.41, 5.74) is 0.271. The molecule has 5 aliphatic carbocycles. The Morgan fingerprint density at radius 2 is 1.50 bits per heavy atom. The summed E-state index contributed by atoms with van der Waals surface area (Å²) in [6, 6.07) is 0.166. The lowest BCUT2D eigenvalue weighted by atomic mass is 9.48. The van der Waals surface area contributed by atoms with Crippen LogP contribution in [0.3, 0.4) is 0 Å². The number of carboxylic acid groups (broad SMARTS) is 1. The molecule has 0 aromatic rings. The van der Waals surface area contributed by atoms with E-state index in [0.717, 1.165) is 17.8 Å². The molecule has 0 aromatic carbocycles. The van der Waals surface area contributed by atoms with Gasteiger partial charge in [0.05, 0.1) is 11.8 Å². The Kier molecular flexibility index (Phi) is 3.97. The van der Waals surface area contributed by atoms with Gasteiger partial charge in [0.25, 0.3) is 0 Å². The molecule has 5 aliphatic rings. The fraction of sp³-hybridized carbons (Fsp3) is 0.800. The minimum atomic E-state index is -0.845. The van der Waals surface area contributed by atoms with Crippen molar-refractivity contribution in [3.05, 3.63) is 12.2 Å². The van der Waals surface area contributed by atoms with Gasteiger partial charge in [-0.25, -0.2) is 0 Å². The van der Waals surface area contributed by atoms with Crippen molar-refractivity contribution >= 4 is 11.9 Å². The lowest BCUT2D eigenvalue weighted by molar-refractivity contribution is -0.148. The predicted molar refractivity (Wildman–Crippen MR) is 91.2 cm³/mol. The first kappa shape index (κ1) is 16.2. The molecular formula is C20H29NO3. The first-order valence-electron chi connectivity index (χ1n) is 9.65. The number of hydrogen-bond donors (Lipinski definition) is 2. The van der Waals surface area contributed by atoms with Crippen LogP contribution in [0.2, 0.25) is 0 Å². The highest BCUT2D eigenvalue weighted by molar-refractivity contribution is 5.85. The molecule has 0 unspecified atom stereocenters. The van der Waals surface area contributed by atoms with Gasteiger partial charge in [-0.1, -0.05) is 12.2 Å². The van der Waals surface area contributed by atoms with Gasteiger partial charge in [-0.15, -0.1) is 0 Å². The summed E-state index contributed by atoms with van der Waals surface area (Å²) in [7, 11) is 0. The van der Waals surface area contributed by atoms with Crippen LogP contribution in [0.5, 0.6) is 0 Å². The minimum absolute atomic E-state index is 0.0463. The fourth-order valence-electron chi connectivity index (χ4n) is 6.56. The maximum atomic E-state index is 12.8. The van der Waals surface area contributed by atoms with Gasteiger partial charge in [0.2, 0.25) is 5.91 Å². The Balaban J connectivity index is 1.46. The van der Waals surface area contributed by atoms with Gasteiger partial charge in [0.1, 0.15) is 0 Å². The molecule has 1 amide bonds. The normalized spacial score (nSPS) is 44.3. The summed E-state index contributed by atoms with van der Waals surface area (Å²) in [5, 5.41) is 12.7. The maximum Gasteiger partial charge on any atom is 0.307 e. The molecule has 0 radical (unpaired) electrons. The van der Waals surface area contributed by atoms with Crippen LogP contribution < -0.4 is 5.32 Å². The van der Waals surface area contributed by atoms with Crippen molar-refractivity contribution in [1.82, 2.24) is 5.32 Å². The third-order valence-corrected chi connectivity index (χ3v) is 7.45. The second-order valence-corrected chi connectivity index (χ2v) is 9.00. The number of rotatable bonds is 4. The lowest BCUT2D eigenvalue weighted by Crippen LogP contribution is -2.57. The molecule has 3 atom stereocenters. The van der Waals surface area contributed by atoms with Crippen molar-refractivity contribution in [2.45, 2.75) is 64.3 Å². The minimum Gasteiger partial charge on any atom is -0.481 e. The van der Waals surface area contributed by atoms with Crippen LogP contribution in [-0.4, -0.2) is 23.0 Å². The quantitative estimate of drug-likeness (QED) is 0.776. The lowest BCUT2D eigenvalue weighted by Gasteiger charge is -2.59. The van der Waals surface area contributed by atoms with Crippen molar-refractivity contribution in [2.24, 2.45) is 35.0 Å². The van der Waals surface area contributed by atoms with Gasteiger partial charge in [0, 0.05) is 6.04 Å². The number of nitrogens with one attached hydrogen (secondary N) is 1. The molecule has 0 aromatic heterocycles. The van der Waals surface area contributed by atoms with Crippen LogP contribution in [0.4, 0.5) is 0 Å². The Morgan fingerprint density at radius 3 is 2.00 bits per heavy atom. The molecule has 4 nitrogen and oxygen atoms in total. The topological polar surface area (TPSA) is 66.4 Å². The standard InChI is InChI=1S/C20H29NO3/c1-12(20-9-13-6-14(10-20)8-15(7-13)11-20)21-18(22)16-4-2-3-5-17(16)19(23)24/h2-3,12-17H,4-11H2,1H3,(H,21,22)(H,23,24)/t12-,13?,14?,15?,16+,17+,20?/m0/s1. The Labute approximate surface area is 144 Å². The Bertz CT molecular complexity index is 532. The largest absolute Gasteiger partial charge is 0.481 e. The second-order valence-electron chi connectivity index (χ2n) is 9.00. The summed E-state index contributed by atoms with van der Waals surface area (Å²) >= 11 is 0.